The molecule has 0 aliphatic carbocycles. The summed E-state index contributed by atoms with van der Waals surface area (Å²) in [5.41, 5.74) is 0. The van der Waals surface area contributed by atoms with Crippen LogP contribution in [0.4, 0.5) is 0 Å². The standard InChI is InChI=1S/C15H26N2O3/c1-12(14(18)16-5-3-4-6-16)11-13(2)15(19)17-7-9-20-10-8-17/h12-13H,3-11H2,1-2H3. The van der Waals surface area contributed by atoms with Crippen LogP contribution in [-0.4, -0.2) is 61.0 Å². The van der Waals surface area contributed by atoms with Crippen molar-refractivity contribution >= 4 is 11.8 Å². The first-order valence-electron chi connectivity index (χ1n) is 7.75. The average Bonchev–Trinajstić information content (AvgIpc) is 3.00. The van der Waals surface area contributed by atoms with E-state index in [2.05, 4.69) is 0 Å². The lowest BCUT2D eigenvalue weighted by molar-refractivity contribution is -0.141. The number of hydrogen-bond donors (Lipinski definition) is 0. The van der Waals surface area contributed by atoms with Crippen molar-refractivity contribution in [1.29, 1.82) is 0 Å². The lowest BCUT2D eigenvalue weighted by atomic mass is 9.95. The molecule has 0 N–H and O–H groups in total. The zero-order valence-electron chi connectivity index (χ0n) is 12.6. The molecular weight excluding hydrogens is 256 g/mol. The first-order valence-corrected chi connectivity index (χ1v) is 7.75. The molecule has 2 unspecified atom stereocenters. The van der Waals surface area contributed by atoms with Gasteiger partial charge < -0.3 is 14.5 Å². The van der Waals surface area contributed by atoms with Gasteiger partial charge in [0.15, 0.2) is 0 Å². The van der Waals surface area contributed by atoms with Crippen LogP contribution in [0.5, 0.6) is 0 Å². The van der Waals surface area contributed by atoms with Gasteiger partial charge in [0.25, 0.3) is 0 Å². The van der Waals surface area contributed by atoms with Crippen LogP contribution in [0.25, 0.3) is 0 Å². The zero-order valence-corrected chi connectivity index (χ0v) is 12.6. The largest absolute Gasteiger partial charge is 0.378 e. The number of likely N-dealkylation sites (tertiary alicyclic amines) is 1. The van der Waals surface area contributed by atoms with E-state index in [-0.39, 0.29) is 23.7 Å². The quantitative estimate of drug-likeness (QED) is 0.776. The second-order valence-corrected chi connectivity index (χ2v) is 6.01. The highest BCUT2D eigenvalue weighted by Crippen LogP contribution is 2.19. The number of ether oxygens (including phenoxy) is 1. The van der Waals surface area contributed by atoms with E-state index < -0.39 is 0 Å². The molecule has 2 atom stereocenters. The van der Waals surface area contributed by atoms with Gasteiger partial charge in [-0.1, -0.05) is 13.8 Å². The molecule has 0 radical (unpaired) electrons. The van der Waals surface area contributed by atoms with Gasteiger partial charge in [0.2, 0.25) is 11.8 Å². The summed E-state index contributed by atoms with van der Waals surface area (Å²) in [7, 11) is 0. The molecule has 114 valence electrons. The fraction of sp³-hybridized carbons (Fsp3) is 0.867. The zero-order chi connectivity index (χ0) is 14.5. The van der Waals surface area contributed by atoms with Gasteiger partial charge in [0.05, 0.1) is 13.2 Å². The summed E-state index contributed by atoms with van der Waals surface area (Å²) in [5.74, 6) is 0.223. The molecule has 2 fully saturated rings. The fourth-order valence-corrected chi connectivity index (χ4v) is 3.08. The van der Waals surface area contributed by atoms with Crippen molar-refractivity contribution in [2.45, 2.75) is 33.1 Å². The molecule has 0 aromatic rings. The number of rotatable bonds is 4. The predicted octanol–water partition coefficient (Wildman–Crippen LogP) is 1.13. The van der Waals surface area contributed by atoms with Crippen LogP contribution < -0.4 is 0 Å². The highest BCUT2D eigenvalue weighted by molar-refractivity contribution is 5.82. The van der Waals surface area contributed by atoms with Crippen molar-refractivity contribution in [3.8, 4) is 0 Å². The molecule has 0 aromatic carbocycles. The van der Waals surface area contributed by atoms with Gasteiger partial charge in [0.1, 0.15) is 0 Å². The van der Waals surface area contributed by atoms with E-state index in [4.69, 9.17) is 4.74 Å². The van der Waals surface area contributed by atoms with Gasteiger partial charge in [-0.2, -0.15) is 0 Å². The Kier molecular flexibility index (Phi) is 5.40. The van der Waals surface area contributed by atoms with E-state index in [0.29, 0.717) is 32.7 Å². The molecule has 2 aliphatic rings. The molecular formula is C15H26N2O3. The third-order valence-corrected chi connectivity index (χ3v) is 4.29. The maximum absolute atomic E-state index is 12.3. The number of hydrogen-bond acceptors (Lipinski definition) is 3. The number of amides is 2. The monoisotopic (exact) mass is 282 g/mol. The maximum atomic E-state index is 12.3. The molecule has 20 heavy (non-hydrogen) atoms. The van der Waals surface area contributed by atoms with Crippen molar-refractivity contribution < 1.29 is 14.3 Å². The van der Waals surface area contributed by atoms with Crippen LogP contribution in [0.3, 0.4) is 0 Å². The van der Waals surface area contributed by atoms with Crippen LogP contribution in [-0.2, 0) is 14.3 Å². The van der Waals surface area contributed by atoms with Crippen molar-refractivity contribution in [2.75, 3.05) is 39.4 Å². The number of carbonyl (C=O) groups excluding carboxylic acids is 2. The average molecular weight is 282 g/mol. The van der Waals surface area contributed by atoms with E-state index in [0.717, 1.165) is 25.9 Å². The van der Waals surface area contributed by atoms with Crippen LogP contribution in [0, 0.1) is 11.8 Å². The van der Waals surface area contributed by atoms with E-state index in [1.807, 2.05) is 23.6 Å². The second-order valence-electron chi connectivity index (χ2n) is 6.01. The molecule has 0 bridgehead atoms. The molecule has 0 spiro atoms. The Hall–Kier alpha value is -1.10. The summed E-state index contributed by atoms with van der Waals surface area (Å²) < 4.78 is 5.26. The van der Waals surface area contributed by atoms with Crippen LogP contribution in [0.2, 0.25) is 0 Å². The Morgan fingerprint density at radius 2 is 1.35 bits per heavy atom. The first-order chi connectivity index (χ1) is 9.59. The summed E-state index contributed by atoms with van der Waals surface area (Å²) in [6.45, 7) is 8.26. The Bertz CT molecular complexity index is 347. The smallest absolute Gasteiger partial charge is 0.225 e. The van der Waals surface area contributed by atoms with E-state index in [1.165, 1.54) is 0 Å². The summed E-state index contributed by atoms with van der Waals surface area (Å²) in [5, 5.41) is 0. The normalized spacial score (nSPS) is 22.7. The van der Waals surface area contributed by atoms with Gasteiger partial charge in [-0.15, -0.1) is 0 Å². The van der Waals surface area contributed by atoms with E-state index in [9.17, 15) is 9.59 Å². The lowest BCUT2D eigenvalue weighted by Crippen LogP contribution is -2.44. The third kappa shape index (κ3) is 3.72. The molecule has 2 amide bonds. The van der Waals surface area contributed by atoms with Crippen LogP contribution in [0.1, 0.15) is 33.1 Å². The molecule has 0 saturated carbocycles. The molecule has 5 heteroatoms. The molecule has 2 heterocycles. The SMILES string of the molecule is CC(CC(C)C(=O)N1CCOCC1)C(=O)N1CCCC1. The number of morpholine rings is 1. The van der Waals surface area contributed by atoms with Gasteiger partial charge in [-0.25, -0.2) is 0 Å². The molecule has 2 saturated heterocycles. The minimum atomic E-state index is -0.0883. The lowest BCUT2D eigenvalue weighted by Gasteiger charge is -2.30. The van der Waals surface area contributed by atoms with E-state index >= 15 is 0 Å². The number of carbonyl (C=O) groups is 2. The predicted molar refractivity (Wildman–Crippen MR) is 76.2 cm³/mol. The minimum Gasteiger partial charge on any atom is -0.378 e. The van der Waals surface area contributed by atoms with Crippen LogP contribution >= 0.6 is 0 Å². The maximum Gasteiger partial charge on any atom is 0.225 e. The van der Waals surface area contributed by atoms with Crippen LogP contribution in [0.15, 0.2) is 0 Å². The Morgan fingerprint density at radius 1 is 0.900 bits per heavy atom. The Balaban J connectivity index is 1.81. The summed E-state index contributed by atoms with van der Waals surface area (Å²) in [6, 6.07) is 0. The molecule has 0 aromatic heterocycles. The van der Waals surface area contributed by atoms with Gasteiger partial charge in [-0.05, 0) is 19.3 Å². The van der Waals surface area contributed by atoms with E-state index in [1.54, 1.807) is 0 Å². The summed E-state index contributed by atoms with van der Waals surface area (Å²) in [4.78, 5) is 28.4. The van der Waals surface area contributed by atoms with Crippen molar-refractivity contribution in [3.63, 3.8) is 0 Å². The highest BCUT2D eigenvalue weighted by Gasteiger charge is 2.28. The second kappa shape index (κ2) is 7.07. The minimum absolute atomic E-state index is 0.0620. The van der Waals surface area contributed by atoms with Crippen molar-refractivity contribution in [1.82, 2.24) is 9.80 Å². The van der Waals surface area contributed by atoms with Gasteiger partial charge >= 0.3 is 0 Å². The number of nitrogens with zero attached hydrogens (tertiary/aromatic N) is 2. The Labute approximate surface area is 121 Å². The fourth-order valence-electron chi connectivity index (χ4n) is 3.08. The molecule has 2 aliphatic heterocycles. The Morgan fingerprint density at radius 3 is 1.85 bits per heavy atom. The molecule has 2 rings (SSSR count). The summed E-state index contributed by atoms with van der Waals surface area (Å²) in [6.07, 6.45) is 2.87. The van der Waals surface area contributed by atoms with Crippen molar-refractivity contribution in [3.05, 3.63) is 0 Å². The van der Waals surface area contributed by atoms with Crippen molar-refractivity contribution in [2.24, 2.45) is 11.8 Å². The first kappa shape index (κ1) is 15.3. The third-order valence-electron chi connectivity index (χ3n) is 4.29. The molecule has 5 nitrogen and oxygen atoms in total. The topological polar surface area (TPSA) is 49.9 Å². The summed E-state index contributed by atoms with van der Waals surface area (Å²) >= 11 is 0. The van der Waals surface area contributed by atoms with Gasteiger partial charge in [0, 0.05) is 38.0 Å². The van der Waals surface area contributed by atoms with Gasteiger partial charge in [-0.3, -0.25) is 9.59 Å². The highest BCUT2D eigenvalue weighted by atomic mass is 16.5.